The van der Waals surface area contributed by atoms with Crippen molar-refractivity contribution in [3.63, 3.8) is 0 Å². The van der Waals surface area contributed by atoms with Crippen molar-refractivity contribution >= 4 is 23.0 Å². The number of hydrogen-bond donors (Lipinski definition) is 3. The summed E-state index contributed by atoms with van der Waals surface area (Å²) < 4.78 is 0. The second kappa shape index (κ2) is 7.21. The van der Waals surface area contributed by atoms with E-state index in [-0.39, 0.29) is 6.61 Å². The molecule has 0 spiro atoms. The van der Waals surface area contributed by atoms with Crippen LogP contribution in [0, 0.1) is 0 Å². The van der Waals surface area contributed by atoms with Crippen LogP contribution in [0.15, 0.2) is 30.9 Å². The summed E-state index contributed by atoms with van der Waals surface area (Å²) in [6.45, 7) is 4.32. The number of pyridine rings is 1. The first-order valence-corrected chi connectivity index (χ1v) is 7.63. The topological polar surface area (TPSA) is 103 Å². The van der Waals surface area contributed by atoms with Gasteiger partial charge in [-0.1, -0.05) is 0 Å². The van der Waals surface area contributed by atoms with Crippen LogP contribution in [-0.4, -0.2) is 64.3 Å². The largest absolute Gasteiger partial charge is 0.395 e. The number of nitrogens with two attached hydrogens (primary N) is 1. The number of nitrogen functional groups attached to an aromatic ring is 1. The fraction of sp³-hybridized carbons (Fsp3) is 0.400. The summed E-state index contributed by atoms with van der Waals surface area (Å²) in [6, 6.07) is 3.75. The number of aromatic nitrogens is 3. The number of hydrogen-bond acceptors (Lipinski definition) is 8. The number of β-amino-alcohol motifs (C(OH)–C–C–N with tert-alkyl or cyclic N) is 1. The summed E-state index contributed by atoms with van der Waals surface area (Å²) >= 11 is 0. The highest BCUT2D eigenvalue weighted by Gasteiger charge is 2.20. The first-order valence-electron chi connectivity index (χ1n) is 7.63. The third-order valence-corrected chi connectivity index (χ3v) is 3.88. The third-order valence-electron chi connectivity index (χ3n) is 3.88. The Morgan fingerprint density at radius 3 is 2.74 bits per heavy atom. The van der Waals surface area contributed by atoms with Gasteiger partial charge in [-0.15, -0.1) is 0 Å². The zero-order valence-corrected chi connectivity index (χ0v) is 12.9. The molecule has 8 nitrogen and oxygen atoms in total. The van der Waals surface area contributed by atoms with Crippen LogP contribution in [0.25, 0.3) is 0 Å². The number of anilines is 4. The second-order valence-electron chi connectivity index (χ2n) is 5.38. The van der Waals surface area contributed by atoms with E-state index in [1.165, 1.54) is 6.33 Å². The summed E-state index contributed by atoms with van der Waals surface area (Å²) in [6.07, 6.45) is 4.95. The van der Waals surface area contributed by atoms with Gasteiger partial charge in [0, 0.05) is 38.9 Å². The molecule has 2 aromatic heterocycles. The molecule has 4 N–H and O–H groups in total. The van der Waals surface area contributed by atoms with E-state index in [9.17, 15) is 0 Å². The minimum Gasteiger partial charge on any atom is -0.395 e. The van der Waals surface area contributed by atoms with E-state index in [4.69, 9.17) is 10.8 Å². The van der Waals surface area contributed by atoms with Crippen LogP contribution in [0.1, 0.15) is 0 Å². The Bertz CT molecular complexity index is 629. The lowest BCUT2D eigenvalue weighted by molar-refractivity contribution is 0.188. The minimum absolute atomic E-state index is 0.189. The quantitative estimate of drug-likeness (QED) is 0.724. The van der Waals surface area contributed by atoms with Crippen molar-refractivity contribution in [1.82, 2.24) is 19.9 Å². The van der Waals surface area contributed by atoms with Crippen molar-refractivity contribution in [2.75, 3.05) is 55.3 Å². The molecule has 23 heavy (non-hydrogen) atoms. The molecular weight excluding hydrogens is 294 g/mol. The molecule has 0 aliphatic carbocycles. The van der Waals surface area contributed by atoms with Gasteiger partial charge in [0.15, 0.2) is 11.6 Å². The maximum absolute atomic E-state index is 9.01. The molecule has 0 amide bonds. The van der Waals surface area contributed by atoms with Gasteiger partial charge in [0.2, 0.25) is 0 Å². The molecule has 1 saturated heterocycles. The van der Waals surface area contributed by atoms with Crippen molar-refractivity contribution in [3.05, 3.63) is 30.9 Å². The summed E-state index contributed by atoms with van der Waals surface area (Å²) in [5, 5.41) is 12.2. The second-order valence-corrected chi connectivity index (χ2v) is 5.38. The molecule has 1 aliphatic heterocycles. The van der Waals surface area contributed by atoms with Crippen LogP contribution in [0.3, 0.4) is 0 Å². The fourth-order valence-electron chi connectivity index (χ4n) is 2.64. The van der Waals surface area contributed by atoms with E-state index in [1.54, 1.807) is 12.4 Å². The average molecular weight is 315 g/mol. The molecule has 8 heteroatoms. The fourth-order valence-corrected chi connectivity index (χ4v) is 2.64. The van der Waals surface area contributed by atoms with Crippen molar-refractivity contribution < 1.29 is 5.11 Å². The van der Waals surface area contributed by atoms with Crippen LogP contribution >= 0.6 is 0 Å². The van der Waals surface area contributed by atoms with Gasteiger partial charge in [0.25, 0.3) is 0 Å². The minimum atomic E-state index is 0.189. The predicted molar refractivity (Wildman–Crippen MR) is 89.7 cm³/mol. The smallest absolute Gasteiger partial charge is 0.159 e. The number of piperazine rings is 1. The van der Waals surface area contributed by atoms with Crippen LogP contribution in [-0.2, 0) is 0 Å². The van der Waals surface area contributed by atoms with E-state index < -0.39 is 0 Å². The Kier molecular flexibility index (Phi) is 4.84. The zero-order chi connectivity index (χ0) is 16.1. The van der Waals surface area contributed by atoms with Gasteiger partial charge in [-0.3, -0.25) is 9.88 Å². The normalized spacial score (nSPS) is 15.6. The number of rotatable bonds is 5. The van der Waals surface area contributed by atoms with E-state index in [0.29, 0.717) is 18.1 Å². The predicted octanol–water partition coefficient (Wildman–Crippen LogP) is 0.312. The molecule has 0 aromatic carbocycles. The Morgan fingerprint density at radius 1 is 1.22 bits per heavy atom. The molecule has 2 aromatic rings. The van der Waals surface area contributed by atoms with E-state index in [1.807, 2.05) is 12.1 Å². The summed E-state index contributed by atoms with van der Waals surface area (Å²) in [5.74, 6) is 1.33. The van der Waals surface area contributed by atoms with Gasteiger partial charge in [-0.05, 0) is 12.1 Å². The highest BCUT2D eigenvalue weighted by molar-refractivity contribution is 5.78. The van der Waals surface area contributed by atoms with Gasteiger partial charge in [-0.25, -0.2) is 9.97 Å². The molecule has 3 rings (SSSR count). The Balaban J connectivity index is 1.73. The lowest BCUT2D eigenvalue weighted by Crippen LogP contribution is -2.47. The number of nitrogens with zero attached hydrogens (tertiary/aromatic N) is 5. The average Bonchev–Trinajstić information content (AvgIpc) is 2.59. The van der Waals surface area contributed by atoms with Crippen LogP contribution < -0.4 is 16.0 Å². The molecule has 1 fully saturated rings. The first-order chi connectivity index (χ1) is 11.3. The first kappa shape index (κ1) is 15.4. The Morgan fingerprint density at radius 2 is 2.04 bits per heavy atom. The van der Waals surface area contributed by atoms with E-state index in [2.05, 4.69) is 30.1 Å². The SMILES string of the molecule is Nc1c(Nc2cccnc2)ncnc1N1CCN(CCO)CC1. The molecule has 1 aliphatic rings. The van der Waals surface area contributed by atoms with E-state index >= 15 is 0 Å². The molecule has 3 heterocycles. The standard InChI is InChI=1S/C15H21N7O/c16-13-14(20-12-2-1-3-17-10-12)18-11-19-15(13)22-6-4-21(5-7-22)8-9-23/h1-3,10-11,23H,4-9,16H2,(H,18,19,20). The number of nitrogens with one attached hydrogen (secondary N) is 1. The molecule has 0 atom stereocenters. The third kappa shape index (κ3) is 3.66. The molecule has 0 bridgehead atoms. The zero-order valence-electron chi connectivity index (χ0n) is 12.9. The van der Waals surface area contributed by atoms with Crippen LogP contribution in [0.5, 0.6) is 0 Å². The maximum atomic E-state index is 9.01. The Labute approximate surface area is 135 Å². The van der Waals surface area contributed by atoms with Crippen molar-refractivity contribution in [2.45, 2.75) is 0 Å². The van der Waals surface area contributed by atoms with Crippen LogP contribution in [0.4, 0.5) is 23.0 Å². The lowest BCUT2D eigenvalue weighted by Gasteiger charge is -2.35. The van der Waals surface area contributed by atoms with Crippen LogP contribution in [0.2, 0.25) is 0 Å². The molecule has 0 saturated carbocycles. The number of aliphatic hydroxyl groups excluding tert-OH is 1. The van der Waals surface area contributed by atoms with Crippen molar-refractivity contribution in [3.8, 4) is 0 Å². The molecular formula is C15H21N7O. The maximum Gasteiger partial charge on any atom is 0.159 e. The number of aliphatic hydroxyl groups is 1. The molecule has 0 unspecified atom stereocenters. The summed E-state index contributed by atoms with van der Waals surface area (Å²) in [4.78, 5) is 17.0. The molecule has 122 valence electrons. The summed E-state index contributed by atoms with van der Waals surface area (Å²) in [7, 11) is 0. The van der Waals surface area contributed by atoms with Gasteiger partial charge >= 0.3 is 0 Å². The Hall–Kier alpha value is -2.45. The van der Waals surface area contributed by atoms with Gasteiger partial charge in [0.1, 0.15) is 12.0 Å². The highest BCUT2D eigenvalue weighted by atomic mass is 16.3. The van der Waals surface area contributed by atoms with Gasteiger partial charge in [-0.2, -0.15) is 0 Å². The van der Waals surface area contributed by atoms with E-state index in [0.717, 1.165) is 37.7 Å². The highest BCUT2D eigenvalue weighted by Crippen LogP contribution is 2.28. The lowest BCUT2D eigenvalue weighted by atomic mass is 10.3. The van der Waals surface area contributed by atoms with Crippen molar-refractivity contribution in [1.29, 1.82) is 0 Å². The van der Waals surface area contributed by atoms with Gasteiger partial charge in [0.05, 0.1) is 18.5 Å². The van der Waals surface area contributed by atoms with Gasteiger partial charge < -0.3 is 21.1 Å². The van der Waals surface area contributed by atoms with Crippen molar-refractivity contribution in [2.24, 2.45) is 0 Å². The monoisotopic (exact) mass is 315 g/mol. The molecule has 0 radical (unpaired) electrons. The summed E-state index contributed by atoms with van der Waals surface area (Å²) in [5.41, 5.74) is 7.62.